The monoisotopic (exact) mass is 202 g/mol. The second-order valence-corrected chi connectivity index (χ2v) is 9.22. The van der Waals surface area contributed by atoms with Gasteiger partial charge in [0.05, 0.1) is 13.5 Å². The lowest BCUT2D eigenvalue weighted by Gasteiger charge is -2.18. The Morgan fingerprint density at radius 2 is 2.18 bits per heavy atom. The maximum atomic E-state index is 10.8. The van der Waals surface area contributed by atoms with Crippen LogP contribution < -0.4 is 0 Å². The number of hydrogen-bond acceptors (Lipinski definition) is 2. The van der Waals surface area contributed by atoms with Gasteiger partial charge in [-0.05, 0) is 0 Å². The van der Waals surface area contributed by atoms with Crippen LogP contribution in [0.15, 0.2) is 0 Å². The van der Waals surface area contributed by atoms with Crippen molar-refractivity contribution in [2.24, 2.45) is 0 Å². The standard InChI is InChI=1S/C6H16O3SSi/c1-4-5-11(2,3)6-10(7,8)9/h4-6H2,1-3H3,(H,7,8,9)/i1D2,4D2,5D2. The van der Waals surface area contributed by atoms with Crippen molar-refractivity contribution >= 4 is 18.2 Å². The Morgan fingerprint density at radius 3 is 2.55 bits per heavy atom. The van der Waals surface area contributed by atoms with E-state index in [1.165, 1.54) is 13.1 Å². The molecule has 0 amide bonds. The summed E-state index contributed by atoms with van der Waals surface area (Å²) in [6.45, 7) is 0.452. The lowest BCUT2D eigenvalue weighted by atomic mass is 10.6. The second-order valence-electron chi connectivity index (χ2n) is 2.88. The fourth-order valence-corrected chi connectivity index (χ4v) is 5.01. The average molecular weight is 202 g/mol. The maximum absolute atomic E-state index is 10.8. The summed E-state index contributed by atoms with van der Waals surface area (Å²) in [6, 6.07) is 0. The van der Waals surface area contributed by atoms with Crippen LogP contribution >= 0.6 is 0 Å². The van der Waals surface area contributed by atoms with E-state index in [0.717, 1.165) is 0 Å². The van der Waals surface area contributed by atoms with E-state index < -0.39 is 42.8 Å². The Labute approximate surface area is 78.0 Å². The third-order valence-corrected chi connectivity index (χ3v) is 6.12. The zero-order chi connectivity index (χ0) is 14.3. The van der Waals surface area contributed by atoms with E-state index in [1.807, 2.05) is 0 Å². The van der Waals surface area contributed by atoms with Gasteiger partial charge in [0.1, 0.15) is 0 Å². The number of hydrogen-bond donors (Lipinski definition) is 1. The van der Waals surface area contributed by atoms with Gasteiger partial charge in [0.25, 0.3) is 10.1 Å². The van der Waals surface area contributed by atoms with E-state index >= 15 is 0 Å². The highest BCUT2D eigenvalue weighted by atomic mass is 32.2. The first-order valence-electron chi connectivity index (χ1n) is 6.10. The second kappa shape index (κ2) is 3.69. The van der Waals surface area contributed by atoms with E-state index in [-0.39, 0.29) is 0 Å². The summed E-state index contributed by atoms with van der Waals surface area (Å²) in [5.74, 6) is -2.62. The van der Waals surface area contributed by atoms with Gasteiger partial charge in [-0.3, -0.25) is 4.55 Å². The van der Waals surface area contributed by atoms with Crippen LogP contribution in [-0.2, 0) is 10.1 Å². The molecule has 68 valence electrons. The molecule has 11 heavy (non-hydrogen) atoms. The summed E-state index contributed by atoms with van der Waals surface area (Å²) >= 11 is 0. The Bertz CT molecular complexity index is 379. The van der Waals surface area contributed by atoms with Crippen LogP contribution in [0, 0.1) is 0 Å². The summed E-state index contributed by atoms with van der Waals surface area (Å²) in [7, 11) is -7.80. The van der Waals surface area contributed by atoms with Crippen LogP contribution in [0.2, 0.25) is 19.1 Å². The molecule has 3 nitrogen and oxygen atoms in total. The van der Waals surface area contributed by atoms with E-state index in [0.29, 0.717) is 0 Å². The molecule has 0 aromatic rings. The summed E-state index contributed by atoms with van der Waals surface area (Å²) in [5, 5.41) is -0.848. The summed E-state index contributed by atoms with van der Waals surface area (Å²) in [6.07, 6.45) is -2.80. The molecule has 5 heteroatoms. The van der Waals surface area contributed by atoms with Crippen molar-refractivity contribution in [1.29, 1.82) is 0 Å². The molecule has 0 rings (SSSR count). The smallest absolute Gasteiger partial charge is 0.262 e. The Hall–Kier alpha value is 0.127. The van der Waals surface area contributed by atoms with Crippen LogP contribution in [0.5, 0.6) is 0 Å². The fourth-order valence-electron chi connectivity index (χ4n) is 0.687. The first kappa shape index (κ1) is 4.39. The maximum Gasteiger partial charge on any atom is 0.262 e. The SMILES string of the molecule is [2H]C([2H])C([2H])([2H])C([2H])([2H])[Si](C)(C)CS(=O)(=O)O. The molecule has 0 aliphatic heterocycles. The lowest BCUT2D eigenvalue weighted by Crippen LogP contribution is -2.35. The number of rotatable bonds is 4. The normalized spacial score (nSPS) is 24.4. The van der Waals surface area contributed by atoms with Gasteiger partial charge in [0, 0.05) is 8.22 Å². The minimum absolute atomic E-state index is 0.848. The molecule has 0 aromatic carbocycles. The summed E-state index contributed by atoms with van der Waals surface area (Å²) < 4.78 is 74.6. The van der Waals surface area contributed by atoms with Crippen molar-refractivity contribution in [3.05, 3.63) is 0 Å². The predicted molar refractivity (Wildman–Crippen MR) is 49.0 cm³/mol. The van der Waals surface area contributed by atoms with Crippen molar-refractivity contribution in [1.82, 2.24) is 0 Å². The molecule has 0 saturated heterocycles. The highest BCUT2D eigenvalue weighted by Crippen LogP contribution is 2.13. The molecule has 1 N–H and O–H groups in total. The van der Waals surface area contributed by atoms with Gasteiger partial charge in [-0.1, -0.05) is 32.3 Å². The molecular formula is C6H16O3SSi. The van der Waals surface area contributed by atoms with Gasteiger partial charge in [-0.15, -0.1) is 0 Å². The van der Waals surface area contributed by atoms with E-state index in [2.05, 4.69) is 0 Å². The molecular weight excluding hydrogens is 180 g/mol. The van der Waals surface area contributed by atoms with Crippen molar-refractivity contribution in [3.8, 4) is 0 Å². The Morgan fingerprint density at radius 1 is 1.64 bits per heavy atom. The molecule has 0 aromatic heterocycles. The minimum Gasteiger partial charge on any atom is -0.286 e. The van der Waals surface area contributed by atoms with Crippen LogP contribution in [0.4, 0.5) is 0 Å². The topological polar surface area (TPSA) is 54.4 Å². The summed E-state index contributed by atoms with van der Waals surface area (Å²) in [4.78, 5) is 0. The predicted octanol–water partition coefficient (Wildman–Crippen LogP) is 1.53. The third kappa shape index (κ3) is 6.52. The van der Waals surface area contributed by atoms with Crippen molar-refractivity contribution < 1.29 is 21.2 Å². The molecule has 0 fully saturated rings. The fraction of sp³-hybridized carbons (Fsp3) is 1.00. The minimum atomic E-state index is -4.42. The van der Waals surface area contributed by atoms with Gasteiger partial charge in [0.2, 0.25) is 0 Å². The Kier molecular flexibility index (Phi) is 1.47. The van der Waals surface area contributed by atoms with E-state index in [1.54, 1.807) is 0 Å². The first-order valence-corrected chi connectivity index (χ1v) is 7.76. The zero-order valence-corrected chi connectivity index (χ0v) is 8.27. The molecule has 0 aliphatic rings. The van der Waals surface area contributed by atoms with Crippen LogP contribution in [-0.4, -0.2) is 26.4 Å². The van der Waals surface area contributed by atoms with E-state index in [4.69, 9.17) is 12.8 Å². The molecule has 0 unspecified atom stereocenters. The van der Waals surface area contributed by atoms with Crippen LogP contribution in [0.3, 0.4) is 0 Å². The molecule has 0 radical (unpaired) electrons. The highest BCUT2D eigenvalue weighted by Gasteiger charge is 2.25. The van der Waals surface area contributed by atoms with E-state index in [9.17, 15) is 8.42 Å². The van der Waals surface area contributed by atoms with Gasteiger partial charge >= 0.3 is 0 Å². The van der Waals surface area contributed by atoms with Gasteiger partial charge in [0.15, 0.2) is 0 Å². The quantitative estimate of drug-likeness (QED) is 0.555. The summed E-state index contributed by atoms with van der Waals surface area (Å²) in [5.41, 5.74) is 0. The average Bonchev–Trinajstić information content (AvgIpc) is 1.98. The first-order chi connectivity index (χ1) is 7.15. The van der Waals surface area contributed by atoms with Crippen molar-refractivity contribution in [2.45, 2.75) is 32.3 Å². The molecule has 0 spiro atoms. The molecule has 0 atom stereocenters. The molecule has 0 aliphatic carbocycles. The van der Waals surface area contributed by atoms with Crippen molar-refractivity contribution in [2.75, 3.05) is 5.38 Å². The Balaban J connectivity index is 5.45. The molecule has 0 saturated carbocycles. The van der Waals surface area contributed by atoms with Crippen molar-refractivity contribution in [3.63, 3.8) is 0 Å². The lowest BCUT2D eigenvalue weighted by molar-refractivity contribution is 0.488. The third-order valence-electron chi connectivity index (χ3n) is 0.954. The largest absolute Gasteiger partial charge is 0.286 e. The molecule has 0 bridgehead atoms. The van der Waals surface area contributed by atoms with Gasteiger partial charge in [-0.25, -0.2) is 0 Å². The van der Waals surface area contributed by atoms with Gasteiger partial charge in [-0.2, -0.15) is 8.42 Å². The van der Waals surface area contributed by atoms with Crippen LogP contribution in [0.1, 0.15) is 21.5 Å². The molecule has 0 heterocycles. The highest BCUT2D eigenvalue weighted by molar-refractivity contribution is 7.87. The van der Waals surface area contributed by atoms with Gasteiger partial charge < -0.3 is 0 Å². The zero-order valence-electron chi connectivity index (χ0n) is 12.5. The van der Waals surface area contributed by atoms with Crippen LogP contribution in [0.25, 0.3) is 0 Å².